The van der Waals surface area contributed by atoms with Crippen molar-refractivity contribution in [1.29, 1.82) is 5.26 Å². The maximum absolute atomic E-state index is 12.8. The van der Waals surface area contributed by atoms with Gasteiger partial charge in [-0.25, -0.2) is 0 Å². The van der Waals surface area contributed by atoms with E-state index in [1.165, 1.54) is 0 Å². The molecule has 0 saturated carbocycles. The number of hydrogen-bond donors (Lipinski definition) is 2. The van der Waals surface area contributed by atoms with E-state index in [4.69, 9.17) is 0 Å². The highest BCUT2D eigenvalue weighted by atomic mass is 16.1. The number of aromatic nitrogens is 1. The Morgan fingerprint density at radius 1 is 1.03 bits per heavy atom. The summed E-state index contributed by atoms with van der Waals surface area (Å²) in [7, 11) is 0. The van der Waals surface area contributed by atoms with E-state index in [0.717, 1.165) is 16.7 Å². The summed E-state index contributed by atoms with van der Waals surface area (Å²) >= 11 is 0. The van der Waals surface area contributed by atoms with Gasteiger partial charge in [0.15, 0.2) is 0 Å². The number of aryl methyl sites for hydroxylation is 1. The number of nitriles is 1. The number of aromatic amines is 1. The van der Waals surface area contributed by atoms with Crippen molar-refractivity contribution in [3.63, 3.8) is 0 Å². The van der Waals surface area contributed by atoms with E-state index in [2.05, 4.69) is 34.6 Å². The molecule has 0 bridgehead atoms. The second-order valence-electron chi connectivity index (χ2n) is 7.82. The summed E-state index contributed by atoms with van der Waals surface area (Å²) in [5.74, 6) is -0.0269. The summed E-state index contributed by atoms with van der Waals surface area (Å²) in [5.41, 5.74) is 4.22. The van der Waals surface area contributed by atoms with Gasteiger partial charge in [-0.1, -0.05) is 60.7 Å². The molecule has 5 heteroatoms. The van der Waals surface area contributed by atoms with Crippen molar-refractivity contribution in [1.82, 2.24) is 10.3 Å². The normalized spacial score (nSPS) is 11.7. The summed E-state index contributed by atoms with van der Waals surface area (Å²) in [6.07, 6.45) is 0.738. The van der Waals surface area contributed by atoms with E-state index in [9.17, 15) is 14.9 Å². The first-order chi connectivity index (χ1) is 14.9. The third-order valence-electron chi connectivity index (χ3n) is 5.73. The van der Waals surface area contributed by atoms with Crippen LogP contribution in [0.15, 0.2) is 65.5 Å². The second-order valence-corrected chi connectivity index (χ2v) is 7.82. The molecule has 3 aromatic rings. The lowest BCUT2D eigenvalue weighted by molar-refractivity contribution is -0.121. The molecular formula is C26H27N3O2. The highest BCUT2D eigenvalue weighted by Crippen LogP contribution is 2.28. The molecule has 1 heterocycles. The molecule has 1 amide bonds. The van der Waals surface area contributed by atoms with Crippen LogP contribution in [0.4, 0.5) is 0 Å². The Balaban J connectivity index is 1.75. The number of nitrogens with zero attached hydrogens (tertiary/aromatic N) is 1. The summed E-state index contributed by atoms with van der Waals surface area (Å²) < 4.78 is 0. The zero-order chi connectivity index (χ0) is 22.4. The number of pyridine rings is 1. The third-order valence-corrected chi connectivity index (χ3v) is 5.73. The van der Waals surface area contributed by atoms with Crippen LogP contribution in [0.25, 0.3) is 0 Å². The van der Waals surface area contributed by atoms with Crippen LogP contribution in [0.3, 0.4) is 0 Å². The highest BCUT2D eigenvalue weighted by molar-refractivity contribution is 5.76. The third kappa shape index (κ3) is 5.10. The number of nitrogens with one attached hydrogen (secondary N) is 2. The number of amides is 1. The number of H-pyrrole nitrogens is 1. The monoisotopic (exact) mass is 413 g/mol. The van der Waals surface area contributed by atoms with Gasteiger partial charge in [-0.15, -0.1) is 0 Å². The molecule has 0 fully saturated rings. The molecule has 0 saturated heterocycles. The Morgan fingerprint density at radius 2 is 1.58 bits per heavy atom. The maximum Gasteiger partial charge on any atom is 0.266 e. The molecule has 0 radical (unpaired) electrons. The molecular weight excluding hydrogens is 386 g/mol. The minimum atomic E-state index is -0.382. The van der Waals surface area contributed by atoms with Crippen LogP contribution in [0, 0.1) is 25.2 Å². The molecule has 0 aliphatic rings. The molecule has 5 nitrogen and oxygen atoms in total. The zero-order valence-electron chi connectivity index (χ0n) is 18.1. The highest BCUT2D eigenvalue weighted by Gasteiger charge is 2.23. The molecule has 1 aromatic heterocycles. The standard InChI is InChI=1S/C26H27N3O2/c1-17-22(18(2)29-26(31)23(17)16-27)14-15-24(30)28-19(3)25(20-10-6-4-7-11-20)21-12-8-5-9-13-21/h4-13,19,25H,14-15H2,1-3H3,(H,28,30)(H,29,31). The van der Waals surface area contributed by atoms with E-state index in [-0.39, 0.29) is 35.4 Å². The predicted molar refractivity (Wildman–Crippen MR) is 122 cm³/mol. The van der Waals surface area contributed by atoms with Gasteiger partial charge in [0.05, 0.1) is 0 Å². The van der Waals surface area contributed by atoms with Gasteiger partial charge in [-0.3, -0.25) is 9.59 Å². The van der Waals surface area contributed by atoms with E-state index in [0.29, 0.717) is 17.7 Å². The van der Waals surface area contributed by atoms with Crippen LogP contribution in [0.1, 0.15) is 52.8 Å². The van der Waals surface area contributed by atoms with Crippen LogP contribution in [0.5, 0.6) is 0 Å². The number of benzene rings is 2. The van der Waals surface area contributed by atoms with Crippen LogP contribution in [-0.2, 0) is 11.2 Å². The quantitative estimate of drug-likeness (QED) is 0.611. The van der Waals surface area contributed by atoms with Crippen LogP contribution in [-0.4, -0.2) is 16.9 Å². The molecule has 158 valence electrons. The second kappa shape index (κ2) is 9.90. The van der Waals surface area contributed by atoms with Crippen molar-refractivity contribution < 1.29 is 4.79 Å². The van der Waals surface area contributed by atoms with Crippen LogP contribution < -0.4 is 10.9 Å². The van der Waals surface area contributed by atoms with E-state index in [1.807, 2.05) is 49.4 Å². The van der Waals surface area contributed by atoms with Gasteiger partial charge in [0.1, 0.15) is 11.6 Å². The summed E-state index contributed by atoms with van der Waals surface area (Å²) in [6.45, 7) is 5.58. The predicted octanol–water partition coefficient (Wildman–Crippen LogP) is 4.13. The number of hydrogen-bond acceptors (Lipinski definition) is 3. The van der Waals surface area contributed by atoms with E-state index >= 15 is 0 Å². The minimum absolute atomic E-state index is 0.0353. The first-order valence-electron chi connectivity index (χ1n) is 10.4. The van der Waals surface area contributed by atoms with E-state index < -0.39 is 0 Å². The summed E-state index contributed by atoms with van der Waals surface area (Å²) in [4.78, 5) is 27.4. The van der Waals surface area contributed by atoms with Crippen molar-refractivity contribution in [2.24, 2.45) is 0 Å². The summed E-state index contributed by atoms with van der Waals surface area (Å²) in [6, 6.07) is 22.2. The minimum Gasteiger partial charge on any atom is -0.353 e. The molecule has 3 rings (SSSR count). The molecule has 2 aromatic carbocycles. The van der Waals surface area contributed by atoms with Crippen LogP contribution >= 0.6 is 0 Å². The zero-order valence-corrected chi connectivity index (χ0v) is 18.1. The average molecular weight is 414 g/mol. The Morgan fingerprint density at radius 3 is 2.10 bits per heavy atom. The fraction of sp³-hybridized carbons (Fsp3) is 0.269. The largest absolute Gasteiger partial charge is 0.353 e. The lowest BCUT2D eigenvalue weighted by atomic mass is 9.85. The van der Waals surface area contributed by atoms with Gasteiger partial charge in [-0.2, -0.15) is 5.26 Å². The first-order valence-corrected chi connectivity index (χ1v) is 10.4. The van der Waals surface area contributed by atoms with Crippen molar-refractivity contribution in [3.05, 3.63) is 105 Å². The Kier molecular flexibility index (Phi) is 7.04. The van der Waals surface area contributed by atoms with Gasteiger partial charge in [0.2, 0.25) is 5.91 Å². The van der Waals surface area contributed by atoms with Crippen molar-refractivity contribution in [3.8, 4) is 6.07 Å². The molecule has 1 unspecified atom stereocenters. The summed E-state index contributed by atoms with van der Waals surface area (Å²) in [5, 5.41) is 12.4. The van der Waals surface area contributed by atoms with Gasteiger partial charge in [0.25, 0.3) is 5.56 Å². The molecule has 1 atom stereocenters. The van der Waals surface area contributed by atoms with Gasteiger partial charge in [-0.05, 0) is 49.4 Å². The van der Waals surface area contributed by atoms with Crippen molar-refractivity contribution in [2.45, 2.75) is 45.6 Å². The Hall–Kier alpha value is -3.65. The fourth-order valence-corrected chi connectivity index (χ4v) is 4.16. The van der Waals surface area contributed by atoms with Gasteiger partial charge >= 0.3 is 0 Å². The molecule has 0 aliphatic carbocycles. The number of carbonyl (C=O) groups excluding carboxylic acids is 1. The Bertz CT molecular complexity index is 1110. The molecule has 0 aliphatic heterocycles. The lowest BCUT2D eigenvalue weighted by Gasteiger charge is -2.26. The average Bonchev–Trinajstić information content (AvgIpc) is 2.75. The maximum atomic E-state index is 12.8. The smallest absolute Gasteiger partial charge is 0.266 e. The van der Waals surface area contributed by atoms with Gasteiger partial charge < -0.3 is 10.3 Å². The van der Waals surface area contributed by atoms with E-state index in [1.54, 1.807) is 13.8 Å². The number of rotatable bonds is 7. The lowest BCUT2D eigenvalue weighted by Crippen LogP contribution is -2.37. The fourth-order valence-electron chi connectivity index (χ4n) is 4.16. The van der Waals surface area contributed by atoms with Crippen LogP contribution in [0.2, 0.25) is 0 Å². The van der Waals surface area contributed by atoms with Gasteiger partial charge in [0, 0.05) is 24.1 Å². The van der Waals surface area contributed by atoms with Crippen molar-refractivity contribution >= 4 is 5.91 Å². The molecule has 0 spiro atoms. The molecule has 2 N–H and O–H groups in total. The van der Waals surface area contributed by atoms with Crippen molar-refractivity contribution in [2.75, 3.05) is 0 Å². The Labute approximate surface area is 182 Å². The molecule has 31 heavy (non-hydrogen) atoms. The number of carbonyl (C=O) groups is 1. The first kappa shape index (κ1) is 22.0. The topological polar surface area (TPSA) is 85.8 Å². The SMILES string of the molecule is Cc1[nH]c(=O)c(C#N)c(C)c1CCC(=O)NC(C)C(c1ccccc1)c1ccccc1.